The van der Waals surface area contributed by atoms with Gasteiger partial charge in [0.15, 0.2) is 9.84 Å². The summed E-state index contributed by atoms with van der Waals surface area (Å²) in [6, 6.07) is 5.35. The van der Waals surface area contributed by atoms with Gasteiger partial charge < -0.3 is 20.3 Å². The topological polar surface area (TPSA) is 99.7 Å². The minimum Gasteiger partial charge on any atom is -0.483 e. The van der Waals surface area contributed by atoms with Crippen molar-refractivity contribution >= 4 is 27.2 Å². The molecule has 2 aromatic rings. The van der Waals surface area contributed by atoms with Crippen LogP contribution in [0.2, 0.25) is 0 Å². The Hall–Kier alpha value is -2.43. The van der Waals surface area contributed by atoms with Crippen LogP contribution in [0.15, 0.2) is 18.5 Å². The largest absolute Gasteiger partial charge is 0.483 e. The molecular formula is C26H34N6O3S. The smallest absolute Gasteiger partial charge is 0.153 e. The molecule has 192 valence electrons. The number of anilines is 3. The van der Waals surface area contributed by atoms with Gasteiger partial charge in [0, 0.05) is 44.7 Å². The molecule has 9 nitrogen and oxygen atoms in total. The van der Waals surface area contributed by atoms with Crippen molar-refractivity contribution in [3.8, 4) is 5.75 Å². The number of ether oxygens (including phenoxy) is 1. The second-order valence-corrected chi connectivity index (χ2v) is 13.3. The second kappa shape index (κ2) is 8.56. The van der Waals surface area contributed by atoms with E-state index in [9.17, 15) is 8.42 Å². The minimum atomic E-state index is -2.98. The Bertz CT molecular complexity index is 1270. The second-order valence-electron chi connectivity index (χ2n) is 11.0. The van der Waals surface area contributed by atoms with Gasteiger partial charge in [0.2, 0.25) is 0 Å². The fraction of sp³-hybridized carbons (Fsp3) is 0.615. The van der Waals surface area contributed by atoms with Gasteiger partial charge in [0.25, 0.3) is 0 Å². The lowest BCUT2D eigenvalue weighted by Crippen LogP contribution is -2.51. The molecule has 0 amide bonds. The zero-order chi connectivity index (χ0) is 24.4. The predicted molar refractivity (Wildman–Crippen MR) is 139 cm³/mol. The number of nitrogens with one attached hydrogen (secondary N) is 2. The molecule has 4 fully saturated rings. The maximum Gasteiger partial charge on any atom is 0.153 e. The maximum atomic E-state index is 12.0. The summed E-state index contributed by atoms with van der Waals surface area (Å²) in [5, 5.41) is 7.11. The van der Waals surface area contributed by atoms with E-state index in [1.54, 1.807) is 6.33 Å². The standard InChI is InChI=1S/C26H34N6O3S/c1-16-23-25(28-15-29-26(23)31-6-8-36(33,34)9-7-31)30-22-11-18(10-21(17-2-3-17)24(22)35-16)19-13-32(14-19)20-4-5-27-12-20/h10-11,15-17,19-20,27H,2-9,12-14H2,1H3,(H,28,29,30)/t16-,20-/m1/s1. The average molecular weight is 511 g/mol. The molecule has 0 unspecified atom stereocenters. The summed E-state index contributed by atoms with van der Waals surface area (Å²) in [4.78, 5) is 13.9. The van der Waals surface area contributed by atoms with Crippen LogP contribution in [0, 0.1) is 0 Å². The lowest BCUT2D eigenvalue weighted by atomic mass is 9.87. The van der Waals surface area contributed by atoms with Crippen LogP contribution in [0.5, 0.6) is 5.75 Å². The Morgan fingerprint density at radius 1 is 1.06 bits per heavy atom. The van der Waals surface area contributed by atoms with Gasteiger partial charge in [-0.2, -0.15) is 0 Å². The van der Waals surface area contributed by atoms with Crippen LogP contribution < -0.4 is 20.3 Å². The summed E-state index contributed by atoms with van der Waals surface area (Å²) >= 11 is 0. The van der Waals surface area contributed by atoms with Crippen molar-refractivity contribution < 1.29 is 13.2 Å². The number of sulfone groups is 1. The van der Waals surface area contributed by atoms with E-state index < -0.39 is 9.84 Å². The summed E-state index contributed by atoms with van der Waals surface area (Å²) in [5.41, 5.74) is 4.60. The quantitative estimate of drug-likeness (QED) is 0.643. The van der Waals surface area contributed by atoms with Crippen LogP contribution in [0.4, 0.5) is 17.3 Å². The SMILES string of the molecule is C[C@H]1Oc2c(cc(C3CN([C@@H]4CCNC4)C3)cc2C2CC2)Nc2ncnc(N3CCS(=O)(=O)CC3)c21. The molecule has 0 bridgehead atoms. The van der Waals surface area contributed by atoms with E-state index in [1.807, 2.05) is 6.92 Å². The van der Waals surface area contributed by atoms with Gasteiger partial charge in [0.1, 0.15) is 29.8 Å². The molecule has 36 heavy (non-hydrogen) atoms. The summed E-state index contributed by atoms with van der Waals surface area (Å²) < 4.78 is 30.7. The number of rotatable bonds is 4. The average Bonchev–Trinajstić information content (AvgIpc) is 3.56. The first-order chi connectivity index (χ1) is 17.4. The first-order valence-electron chi connectivity index (χ1n) is 13.3. The Kier molecular flexibility index (Phi) is 5.41. The summed E-state index contributed by atoms with van der Waals surface area (Å²) in [7, 11) is -2.98. The highest BCUT2D eigenvalue weighted by atomic mass is 32.2. The van der Waals surface area contributed by atoms with E-state index >= 15 is 0 Å². The van der Waals surface area contributed by atoms with Gasteiger partial charge in [-0.25, -0.2) is 18.4 Å². The third-order valence-electron chi connectivity index (χ3n) is 8.55. The van der Waals surface area contributed by atoms with Crippen LogP contribution in [0.3, 0.4) is 0 Å². The molecule has 0 radical (unpaired) electrons. The molecule has 1 aromatic heterocycles. The third-order valence-corrected chi connectivity index (χ3v) is 10.2. The van der Waals surface area contributed by atoms with E-state index in [2.05, 4.69) is 42.5 Å². The summed E-state index contributed by atoms with van der Waals surface area (Å²) in [6.45, 7) is 7.41. The Morgan fingerprint density at radius 2 is 1.86 bits per heavy atom. The zero-order valence-corrected chi connectivity index (χ0v) is 21.6. The number of aromatic nitrogens is 2. The van der Waals surface area contributed by atoms with Gasteiger partial charge in [0.05, 0.1) is 22.8 Å². The molecule has 2 atom stereocenters. The number of benzene rings is 1. The zero-order valence-electron chi connectivity index (χ0n) is 20.7. The molecule has 0 spiro atoms. The molecule has 1 aliphatic carbocycles. The molecule has 5 heterocycles. The van der Waals surface area contributed by atoms with Crippen LogP contribution >= 0.6 is 0 Å². The first-order valence-corrected chi connectivity index (χ1v) is 15.1. The highest BCUT2D eigenvalue weighted by molar-refractivity contribution is 7.91. The molecule has 10 heteroatoms. The maximum absolute atomic E-state index is 12.0. The van der Waals surface area contributed by atoms with Gasteiger partial charge in [-0.05, 0) is 55.8 Å². The molecule has 2 N–H and O–H groups in total. The van der Waals surface area contributed by atoms with Crippen molar-refractivity contribution in [2.75, 3.05) is 61.0 Å². The van der Waals surface area contributed by atoms with Gasteiger partial charge in [-0.1, -0.05) is 6.07 Å². The van der Waals surface area contributed by atoms with Gasteiger partial charge in [-0.15, -0.1) is 0 Å². The first kappa shape index (κ1) is 22.7. The molecule has 5 aliphatic rings. The van der Waals surface area contributed by atoms with Crippen LogP contribution in [0.25, 0.3) is 0 Å². The predicted octanol–water partition coefficient (Wildman–Crippen LogP) is 2.55. The molecule has 1 saturated carbocycles. The number of nitrogens with zero attached hydrogens (tertiary/aromatic N) is 4. The van der Waals surface area contributed by atoms with E-state index in [1.165, 1.54) is 30.4 Å². The van der Waals surface area contributed by atoms with E-state index in [-0.39, 0.29) is 17.6 Å². The van der Waals surface area contributed by atoms with Crippen molar-refractivity contribution in [1.29, 1.82) is 0 Å². The van der Waals surface area contributed by atoms with Crippen LogP contribution in [0.1, 0.15) is 60.8 Å². The van der Waals surface area contributed by atoms with Crippen molar-refractivity contribution in [1.82, 2.24) is 20.2 Å². The third kappa shape index (κ3) is 4.03. The Labute approximate surface area is 212 Å². The van der Waals surface area contributed by atoms with Crippen molar-refractivity contribution in [3.05, 3.63) is 35.2 Å². The highest BCUT2D eigenvalue weighted by Gasteiger charge is 2.38. The summed E-state index contributed by atoms with van der Waals surface area (Å²) in [5.74, 6) is 3.88. The van der Waals surface area contributed by atoms with E-state index in [0.717, 1.165) is 54.8 Å². The van der Waals surface area contributed by atoms with Crippen LogP contribution in [-0.4, -0.2) is 80.1 Å². The molecule has 3 saturated heterocycles. The molecule has 7 rings (SSSR count). The minimum absolute atomic E-state index is 0.152. The number of likely N-dealkylation sites (tertiary alicyclic amines) is 1. The fourth-order valence-corrected chi connectivity index (χ4v) is 7.41. The normalized spacial score (nSPS) is 27.9. The highest BCUT2D eigenvalue weighted by Crippen LogP contribution is 2.52. The number of hydrogen-bond donors (Lipinski definition) is 2. The lowest BCUT2D eigenvalue weighted by molar-refractivity contribution is 0.101. The number of fused-ring (bicyclic) bond motifs is 2. The lowest BCUT2D eigenvalue weighted by Gasteiger charge is -2.43. The number of hydrogen-bond acceptors (Lipinski definition) is 9. The van der Waals surface area contributed by atoms with Crippen molar-refractivity contribution in [2.45, 2.75) is 50.2 Å². The van der Waals surface area contributed by atoms with Gasteiger partial charge in [-0.3, -0.25) is 4.90 Å². The van der Waals surface area contributed by atoms with Crippen molar-refractivity contribution in [2.24, 2.45) is 0 Å². The van der Waals surface area contributed by atoms with E-state index in [0.29, 0.717) is 31.0 Å². The Balaban J connectivity index is 1.21. The fourth-order valence-electron chi connectivity index (χ4n) is 6.20. The molecule has 4 aliphatic heterocycles. The monoisotopic (exact) mass is 510 g/mol. The molecule has 1 aromatic carbocycles. The van der Waals surface area contributed by atoms with Gasteiger partial charge >= 0.3 is 0 Å². The van der Waals surface area contributed by atoms with Crippen molar-refractivity contribution in [3.63, 3.8) is 0 Å². The molecular weight excluding hydrogens is 476 g/mol. The van der Waals surface area contributed by atoms with Crippen LogP contribution in [-0.2, 0) is 9.84 Å². The summed E-state index contributed by atoms with van der Waals surface area (Å²) in [6.07, 6.45) is 4.99. The van der Waals surface area contributed by atoms with E-state index in [4.69, 9.17) is 4.74 Å². The Morgan fingerprint density at radius 3 is 2.58 bits per heavy atom.